The van der Waals surface area contributed by atoms with Gasteiger partial charge >= 0.3 is 0 Å². The lowest BCUT2D eigenvalue weighted by molar-refractivity contribution is 0.0230. The number of ether oxygens (including phenoxy) is 3. The van der Waals surface area contributed by atoms with Crippen molar-refractivity contribution in [3.05, 3.63) is 22.2 Å². The maximum atomic E-state index is 5.58. The highest BCUT2D eigenvalue weighted by atomic mass is 79.9. The van der Waals surface area contributed by atoms with E-state index in [1.807, 2.05) is 19.1 Å². The predicted octanol–water partition coefficient (Wildman–Crippen LogP) is 3.37. The molecule has 1 N–H and O–H groups in total. The molecule has 0 heterocycles. The second-order valence-corrected chi connectivity index (χ2v) is 5.96. The molecular weight excluding hydrogens is 322 g/mol. The van der Waals surface area contributed by atoms with Gasteiger partial charge in [-0.2, -0.15) is 0 Å². The maximum Gasteiger partial charge on any atom is 0.175 e. The molecule has 0 aliphatic carbocycles. The van der Waals surface area contributed by atoms with Crippen LogP contribution < -0.4 is 14.8 Å². The van der Waals surface area contributed by atoms with E-state index in [-0.39, 0.29) is 5.60 Å². The van der Waals surface area contributed by atoms with E-state index in [0.29, 0.717) is 6.61 Å². The van der Waals surface area contributed by atoms with E-state index in [0.717, 1.165) is 34.6 Å². The quantitative estimate of drug-likeness (QED) is 0.784. The third-order valence-electron chi connectivity index (χ3n) is 3.01. The van der Waals surface area contributed by atoms with Crippen LogP contribution in [0.2, 0.25) is 0 Å². The summed E-state index contributed by atoms with van der Waals surface area (Å²) in [6.45, 7) is 8.18. The molecule has 0 bridgehead atoms. The SMILES string of the molecule is CCOc1c(Br)cc(CNCC(C)(C)OC)cc1OC. The van der Waals surface area contributed by atoms with Gasteiger partial charge in [-0.05, 0) is 54.4 Å². The van der Waals surface area contributed by atoms with E-state index >= 15 is 0 Å². The van der Waals surface area contributed by atoms with Crippen LogP contribution in [-0.2, 0) is 11.3 Å². The van der Waals surface area contributed by atoms with Gasteiger partial charge in [-0.3, -0.25) is 0 Å². The van der Waals surface area contributed by atoms with Gasteiger partial charge in [-0.15, -0.1) is 0 Å². The second kappa shape index (κ2) is 7.86. The Morgan fingerprint density at radius 2 is 1.95 bits per heavy atom. The highest BCUT2D eigenvalue weighted by molar-refractivity contribution is 9.10. The lowest BCUT2D eigenvalue weighted by atomic mass is 10.1. The Labute approximate surface area is 129 Å². The third-order valence-corrected chi connectivity index (χ3v) is 3.60. The minimum atomic E-state index is -0.174. The molecule has 0 aliphatic rings. The molecule has 1 aromatic rings. The first kappa shape index (κ1) is 17.3. The summed E-state index contributed by atoms with van der Waals surface area (Å²) in [5.41, 5.74) is 0.955. The fourth-order valence-corrected chi connectivity index (χ4v) is 2.34. The number of benzene rings is 1. The molecule has 0 amide bonds. The largest absolute Gasteiger partial charge is 0.493 e. The zero-order valence-electron chi connectivity index (χ0n) is 12.9. The molecule has 0 unspecified atom stereocenters. The maximum absolute atomic E-state index is 5.58. The Morgan fingerprint density at radius 1 is 1.25 bits per heavy atom. The van der Waals surface area contributed by atoms with Crippen molar-refractivity contribution in [1.29, 1.82) is 0 Å². The molecule has 0 radical (unpaired) electrons. The van der Waals surface area contributed by atoms with Crippen LogP contribution in [0, 0.1) is 0 Å². The van der Waals surface area contributed by atoms with Crippen LogP contribution in [0.15, 0.2) is 16.6 Å². The van der Waals surface area contributed by atoms with Gasteiger partial charge in [0, 0.05) is 20.2 Å². The third kappa shape index (κ3) is 4.96. The van der Waals surface area contributed by atoms with E-state index < -0.39 is 0 Å². The summed E-state index contributed by atoms with van der Waals surface area (Å²) < 4.78 is 17.2. The number of rotatable bonds is 8. The molecule has 0 saturated carbocycles. The van der Waals surface area contributed by atoms with Gasteiger partial charge in [0.05, 0.1) is 23.8 Å². The van der Waals surface area contributed by atoms with Gasteiger partial charge < -0.3 is 19.5 Å². The van der Waals surface area contributed by atoms with Crippen molar-refractivity contribution in [2.75, 3.05) is 27.4 Å². The fraction of sp³-hybridized carbons (Fsp3) is 0.600. The van der Waals surface area contributed by atoms with E-state index in [2.05, 4.69) is 35.1 Å². The number of halogens is 1. The molecule has 0 aliphatic heterocycles. The van der Waals surface area contributed by atoms with Crippen LogP contribution in [0.5, 0.6) is 11.5 Å². The molecule has 0 atom stereocenters. The zero-order chi connectivity index (χ0) is 15.2. The molecule has 0 fully saturated rings. The highest BCUT2D eigenvalue weighted by Crippen LogP contribution is 2.36. The summed E-state index contributed by atoms with van der Waals surface area (Å²) >= 11 is 3.53. The monoisotopic (exact) mass is 345 g/mol. The average molecular weight is 346 g/mol. The zero-order valence-corrected chi connectivity index (χ0v) is 14.5. The molecule has 0 saturated heterocycles. The number of hydrogen-bond acceptors (Lipinski definition) is 4. The van der Waals surface area contributed by atoms with Gasteiger partial charge in [0.2, 0.25) is 0 Å². The number of methoxy groups -OCH3 is 2. The smallest absolute Gasteiger partial charge is 0.175 e. The first-order valence-corrected chi connectivity index (χ1v) is 7.48. The number of nitrogens with one attached hydrogen (secondary N) is 1. The Hall–Kier alpha value is -0.780. The molecule has 0 spiro atoms. The Kier molecular flexibility index (Phi) is 6.79. The molecule has 1 aromatic carbocycles. The van der Waals surface area contributed by atoms with Crippen LogP contribution in [0.4, 0.5) is 0 Å². The fourth-order valence-electron chi connectivity index (χ4n) is 1.74. The molecule has 1 rings (SSSR count). The van der Waals surface area contributed by atoms with Crippen LogP contribution in [-0.4, -0.2) is 33.0 Å². The lowest BCUT2D eigenvalue weighted by Gasteiger charge is -2.23. The van der Waals surface area contributed by atoms with Crippen molar-refractivity contribution in [2.45, 2.75) is 32.9 Å². The van der Waals surface area contributed by atoms with Crippen molar-refractivity contribution >= 4 is 15.9 Å². The summed E-state index contributed by atoms with van der Waals surface area (Å²) in [6.07, 6.45) is 0. The Bertz CT molecular complexity index is 435. The van der Waals surface area contributed by atoms with Gasteiger partial charge in [0.1, 0.15) is 0 Å². The molecule has 0 aromatic heterocycles. The van der Waals surface area contributed by atoms with Gasteiger partial charge in [-0.25, -0.2) is 0 Å². The number of hydrogen-bond donors (Lipinski definition) is 1. The molecule has 4 nitrogen and oxygen atoms in total. The van der Waals surface area contributed by atoms with Crippen LogP contribution in [0.25, 0.3) is 0 Å². The van der Waals surface area contributed by atoms with Crippen LogP contribution >= 0.6 is 15.9 Å². The minimum Gasteiger partial charge on any atom is -0.493 e. The summed E-state index contributed by atoms with van der Waals surface area (Å²) in [5.74, 6) is 1.49. The van der Waals surface area contributed by atoms with E-state index in [4.69, 9.17) is 14.2 Å². The van der Waals surface area contributed by atoms with Crippen molar-refractivity contribution in [3.63, 3.8) is 0 Å². The minimum absolute atomic E-state index is 0.174. The van der Waals surface area contributed by atoms with Crippen LogP contribution in [0.3, 0.4) is 0 Å². The molecule has 20 heavy (non-hydrogen) atoms. The standard InChI is InChI=1S/C15H24BrNO3/c1-6-20-14-12(16)7-11(8-13(14)18-4)9-17-10-15(2,3)19-5/h7-8,17H,6,9-10H2,1-5H3. The second-order valence-electron chi connectivity index (χ2n) is 5.11. The van der Waals surface area contributed by atoms with Crippen molar-refractivity contribution < 1.29 is 14.2 Å². The molecule has 5 heteroatoms. The van der Waals surface area contributed by atoms with Gasteiger partial charge in [0.15, 0.2) is 11.5 Å². The Morgan fingerprint density at radius 3 is 2.50 bits per heavy atom. The Balaban J connectivity index is 2.75. The highest BCUT2D eigenvalue weighted by Gasteiger charge is 2.16. The van der Waals surface area contributed by atoms with Crippen molar-refractivity contribution in [1.82, 2.24) is 5.32 Å². The first-order valence-electron chi connectivity index (χ1n) is 6.68. The van der Waals surface area contributed by atoms with Crippen molar-refractivity contribution in [2.24, 2.45) is 0 Å². The topological polar surface area (TPSA) is 39.7 Å². The first-order chi connectivity index (χ1) is 9.43. The normalized spacial score (nSPS) is 11.5. The summed E-state index contributed by atoms with van der Waals surface area (Å²) in [7, 11) is 3.37. The van der Waals surface area contributed by atoms with Crippen LogP contribution in [0.1, 0.15) is 26.3 Å². The average Bonchev–Trinajstić information content (AvgIpc) is 2.41. The summed E-state index contributed by atoms with van der Waals surface area (Å²) in [5, 5.41) is 3.38. The van der Waals surface area contributed by atoms with E-state index in [1.165, 1.54) is 0 Å². The lowest BCUT2D eigenvalue weighted by Crippen LogP contribution is -2.36. The van der Waals surface area contributed by atoms with E-state index in [9.17, 15) is 0 Å². The van der Waals surface area contributed by atoms with E-state index in [1.54, 1.807) is 14.2 Å². The van der Waals surface area contributed by atoms with Gasteiger partial charge in [0.25, 0.3) is 0 Å². The summed E-state index contributed by atoms with van der Waals surface area (Å²) in [4.78, 5) is 0. The van der Waals surface area contributed by atoms with Gasteiger partial charge in [-0.1, -0.05) is 0 Å². The molecular formula is C15H24BrNO3. The predicted molar refractivity (Wildman–Crippen MR) is 84.7 cm³/mol. The molecule has 114 valence electrons. The summed E-state index contributed by atoms with van der Waals surface area (Å²) in [6, 6.07) is 4.03. The van der Waals surface area contributed by atoms with Crippen molar-refractivity contribution in [3.8, 4) is 11.5 Å².